The Labute approximate surface area is 123 Å². The molecule has 1 aromatic heterocycles. The molecular weight excluding hydrogens is 268 g/mol. The number of aromatic nitrogens is 2. The van der Waals surface area contributed by atoms with Crippen LogP contribution in [0, 0.1) is 0 Å². The second-order valence-electron chi connectivity index (χ2n) is 4.76. The summed E-state index contributed by atoms with van der Waals surface area (Å²) in [7, 11) is 0. The standard InChI is InChI=1S/C15H20N4O2/c1-12(18-15(21)17-7-2-10-20)13-3-5-14(6-4-13)19-9-8-16-11-19/h3-6,8-9,11-12,20H,2,7,10H2,1H3,(H2,17,18,21). The quantitative estimate of drug-likeness (QED) is 0.707. The number of benzene rings is 1. The van der Waals surface area contributed by atoms with Gasteiger partial charge in [0, 0.05) is 31.2 Å². The zero-order valence-corrected chi connectivity index (χ0v) is 12.0. The number of hydrogen-bond donors (Lipinski definition) is 3. The number of urea groups is 1. The van der Waals surface area contributed by atoms with Crippen molar-refractivity contribution in [3.05, 3.63) is 48.5 Å². The Kier molecular flexibility index (Phi) is 5.34. The molecule has 2 aromatic rings. The Morgan fingerprint density at radius 1 is 1.38 bits per heavy atom. The molecule has 0 fully saturated rings. The van der Waals surface area contributed by atoms with Gasteiger partial charge in [0.05, 0.1) is 12.4 Å². The van der Waals surface area contributed by atoms with Gasteiger partial charge in [-0.2, -0.15) is 0 Å². The lowest BCUT2D eigenvalue weighted by atomic mass is 10.1. The number of nitrogens with one attached hydrogen (secondary N) is 2. The first-order valence-corrected chi connectivity index (χ1v) is 6.94. The number of rotatable bonds is 6. The second kappa shape index (κ2) is 7.44. The maximum atomic E-state index is 11.6. The van der Waals surface area contributed by atoms with Gasteiger partial charge in [-0.05, 0) is 31.0 Å². The Bertz CT molecular complexity index is 552. The minimum absolute atomic E-state index is 0.0749. The van der Waals surface area contributed by atoms with Gasteiger partial charge in [-0.3, -0.25) is 0 Å². The van der Waals surface area contributed by atoms with Crippen LogP contribution in [-0.2, 0) is 0 Å². The summed E-state index contributed by atoms with van der Waals surface area (Å²) in [6.45, 7) is 2.47. The molecule has 0 saturated heterocycles. The van der Waals surface area contributed by atoms with E-state index >= 15 is 0 Å². The lowest BCUT2D eigenvalue weighted by molar-refractivity contribution is 0.235. The monoisotopic (exact) mass is 288 g/mol. The number of carbonyl (C=O) groups is 1. The van der Waals surface area contributed by atoms with Crippen LogP contribution in [0.15, 0.2) is 43.0 Å². The van der Waals surface area contributed by atoms with Crippen LogP contribution in [0.25, 0.3) is 5.69 Å². The molecule has 0 aliphatic heterocycles. The largest absolute Gasteiger partial charge is 0.396 e. The van der Waals surface area contributed by atoms with E-state index in [1.54, 1.807) is 12.5 Å². The molecule has 0 radical (unpaired) electrons. The normalized spacial score (nSPS) is 11.9. The minimum Gasteiger partial charge on any atom is -0.396 e. The molecule has 2 rings (SSSR count). The van der Waals surface area contributed by atoms with Crippen LogP contribution in [0.2, 0.25) is 0 Å². The van der Waals surface area contributed by atoms with E-state index in [9.17, 15) is 4.79 Å². The van der Waals surface area contributed by atoms with Crippen molar-refractivity contribution in [1.82, 2.24) is 20.2 Å². The molecule has 112 valence electrons. The van der Waals surface area contributed by atoms with Crippen LogP contribution >= 0.6 is 0 Å². The number of imidazole rings is 1. The highest BCUT2D eigenvalue weighted by molar-refractivity contribution is 5.74. The molecule has 2 amide bonds. The Morgan fingerprint density at radius 2 is 2.14 bits per heavy atom. The van der Waals surface area contributed by atoms with E-state index in [0.717, 1.165) is 11.3 Å². The molecule has 0 saturated carbocycles. The minimum atomic E-state index is -0.227. The summed E-state index contributed by atoms with van der Waals surface area (Å²) in [6, 6.07) is 7.62. The zero-order valence-electron chi connectivity index (χ0n) is 12.0. The van der Waals surface area contributed by atoms with Gasteiger partial charge in [-0.25, -0.2) is 9.78 Å². The predicted octanol–water partition coefficient (Wildman–Crippen LogP) is 1.61. The van der Waals surface area contributed by atoms with Crippen molar-refractivity contribution >= 4 is 6.03 Å². The summed E-state index contributed by atoms with van der Waals surface area (Å²) in [5.74, 6) is 0. The van der Waals surface area contributed by atoms with Gasteiger partial charge in [0.25, 0.3) is 0 Å². The molecule has 1 unspecified atom stereocenters. The summed E-state index contributed by atoms with van der Waals surface area (Å²) < 4.78 is 1.92. The first-order valence-electron chi connectivity index (χ1n) is 6.94. The molecule has 1 atom stereocenters. The van der Waals surface area contributed by atoms with Crippen LogP contribution in [-0.4, -0.2) is 33.8 Å². The van der Waals surface area contributed by atoms with Crippen molar-refractivity contribution in [2.24, 2.45) is 0 Å². The molecule has 3 N–H and O–H groups in total. The van der Waals surface area contributed by atoms with E-state index in [4.69, 9.17) is 5.11 Å². The van der Waals surface area contributed by atoms with Gasteiger partial charge in [0.15, 0.2) is 0 Å². The van der Waals surface area contributed by atoms with Gasteiger partial charge < -0.3 is 20.3 Å². The van der Waals surface area contributed by atoms with Crippen LogP contribution in [0.4, 0.5) is 4.79 Å². The average Bonchev–Trinajstić information content (AvgIpc) is 3.02. The Hall–Kier alpha value is -2.34. The number of aliphatic hydroxyl groups excluding tert-OH is 1. The van der Waals surface area contributed by atoms with E-state index in [1.165, 1.54) is 0 Å². The van der Waals surface area contributed by atoms with E-state index < -0.39 is 0 Å². The lowest BCUT2D eigenvalue weighted by Gasteiger charge is -2.15. The average molecular weight is 288 g/mol. The third-order valence-electron chi connectivity index (χ3n) is 3.16. The zero-order chi connectivity index (χ0) is 15.1. The number of carbonyl (C=O) groups excluding carboxylic acids is 1. The Balaban J connectivity index is 1.90. The summed E-state index contributed by atoms with van der Waals surface area (Å²) in [5.41, 5.74) is 2.05. The van der Waals surface area contributed by atoms with Gasteiger partial charge >= 0.3 is 6.03 Å². The highest BCUT2D eigenvalue weighted by Gasteiger charge is 2.09. The van der Waals surface area contributed by atoms with Crippen molar-refractivity contribution in [3.8, 4) is 5.69 Å². The third-order valence-corrected chi connectivity index (χ3v) is 3.16. The maximum Gasteiger partial charge on any atom is 0.315 e. The fraction of sp³-hybridized carbons (Fsp3) is 0.333. The highest BCUT2D eigenvalue weighted by Crippen LogP contribution is 2.15. The predicted molar refractivity (Wildman–Crippen MR) is 80.2 cm³/mol. The SMILES string of the molecule is CC(NC(=O)NCCCO)c1ccc(-n2ccnc2)cc1. The number of aliphatic hydroxyl groups is 1. The molecule has 1 heterocycles. The van der Waals surface area contributed by atoms with Crippen LogP contribution in [0.1, 0.15) is 24.9 Å². The molecule has 0 bridgehead atoms. The van der Waals surface area contributed by atoms with Gasteiger partial charge in [-0.15, -0.1) is 0 Å². The van der Waals surface area contributed by atoms with E-state index in [0.29, 0.717) is 13.0 Å². The summed E-state index contributed by atoms with van der Waals surface area (Å²) in [6.07, 6.45) is 5.91. The Morgan fingerprint density at radius 3 is 2.76 bits per heavy atom. The first kappa shape index (κ1) is 15.1. The van der Waals surface area contributed by atoms with Crippen molar-refractivity contribution in [2.75, 3.05) is 13.2 Å². The van der Waals surface area contributed by atoms with Gasteiger partial charge in [0.2, 0.25) is 0 Å². The fourth-order valence-corrected chi connectivity index (χ4v) is 1.96. The molecule has 0 aliphatic carbocycles. The highest BCUT2D eigenvalue weighted by atomic mass is 16.3. The van der Waals surface area contributed by atoms with Crippen LogP contribution in [0.3, 0.4) is 0 Å². The smallest absolute Gasteiger partial charge is 0.315 e. The number of amides is 2. The van der Waals surface area contributed by atoms with Crippen molar-refractivity contribution in [1.29, 1.82) is 0 Å². The molecule has 0 spiro atoms. The molecule has 1 aromatic carbocycles. The summed E-state index contributed by atoms with van der Waals surface area (Å²) in [5, 5.41) is 14.2. The maximum absolute atomic E-state index is 11.6. The first-order chi connectivity index (χ1) is 10.2. The van der Waals surface area contributed by atoms with Crippen molar-refractivity contribution in [2.45, 2.75) is 19.4 Å². The fourth-order valence-electron chi connectivity index (χ4n) is 1.96. The molecular formula is C15H20N4O2. The van der Waals surface area contributed by atoms with Gasteiger partial charge in [-0.1, -0.05) is 12.1 Å². The molecule has 21 heavy (non-hydrogen) atoms. The van der Waals surface area contributed by atoms with Crippen LogP contribution < -0.4 is 10.6 Å². The van der Waals surface area contributed by atoms with E-state index in [2.05, 4.69) is 15.6 Å². The third kappa shape index (κ3) is 4.32. The van der Waals surface area contributed by atoms with Crippen LogP contribution in [0.5, 0.6) is 0 Å². The summed E-state index contributed by atoms with van der Waals surface area (Å²) >= 11 is 0. The lowest BCUT2D eigenvalue weighted by Crippen LogP contribution is -2.37. The molecule has 0 aliphatic rings. The summed E-state index contributed by atoms with van der Waals surface area (Å²) in [4.78, 5) is 15.6. The van der Waals surface area contributed by atoms with Crippen molar-refractivity contribution < 1.29 is 9.90 Å². The van der Waals surface area contributed by atoms with Gasteiger partial charge in [0.1, 0.15) is 0 Å². The number of nitrogens with zero attached hydrogens (tertiary/aromatic N) is 2. The topological polar surface area (TPSA) is 79.2 Å². The van der Waals surface area contributed by atoms with Crippen molar-refractivity contribution in [3.63, 3.8) is 0 Å². The number of hydrogen-bond acceptors (Lipinski definition) is 3. The molecule has 6 nitrogen and oxygen atoms in total. The van der Waals surface area contributed by atoms with E-state index in [1.807, 2.05) is 42.0 Å². The molecule has 6 heteroatoms. The second-order valence-corrected chi connectivity index (χ2v) is 4.76. The van der Waals surface area contributed by atoms with E-state index in [-0.39, 0.29) is 18.7 Å².